The van der Waals surface area contributed by atoms with E-state index in [2.05, 4.69) is 42.5 Å². The van der Waals surface area contributed by atoms with E-state index in [0.717, 1.165) is 60.2 Å². The Balaban J connectivity index is 1.43. The topological polar surface area (TPSA) is 31.0 Å². The first-order valence-electron chi connectivity index (χ1n) is 16.3. The zero-order valence-electron chi connectivity index (χ0n) is 27.3. The van der Waals surface area contributed by atoms with Crippen LogP contribution >= 0.6 is 0 Å². The lowest BCUT2D eigenvalue weighted by atomic mass is 9.87. The van der Waals surface area contributed by atoms with Crippen LogP contribution in [-0.2, 0) is 0 Å². The van der Waals surface area contributed by atoms with Gasteiger partial charge in [-0.15, -0.1) is 0 Å². The van der Waals surface area contributed by atoms with E-state index < -0.39 is 18.1 Å². The summed E-state index contributed by atoms with van der Waals surface area (Å²) in [7, 11) is 0. The molecule has 0 aliphatic carbocycles. The minimum atomic E-state index is -0.433. The highest BCUT2D eigenvalue weighted by Gasteiger charge is 2.22. The summed E-state index contributed by atoms with van der Waals surface area (Å²) in [4.78, 5) is 5.11. The highest BCUT2D eigenvalue weighted by atomic mass is 16.3. The summed E-state index contributed by atoms with van der Waals surface area (Å²) in [5.74, 6) is 0.500. The average Bonchev–Trinajstić information content (AvgIpc) is 3.67. The van der Waals surface area contributed by atoms with Crippen LogP contribution in [0.1, 0.15) is 6.85 Å². The van der Waals surface area contributed by atoms with Gasteiger partial charge < -0.3 is 4.42 Å². The van der Waals surface area contributed by atoms with Gasteiger partial charge in [-0.3, -0.25) is 4.57 Å². The van der Waals surface area contributed by atoms with Crippen LogP contribution in [-0.4, -0.2) is 9.55 Å². The van der Waals surface area contributed by atoms with E-state index in [1.807, 2.05) is 72.8 Å². The molecule has 0 fully saturated rings. The van der Waals surface area contributed by atoms with E-state index >= 15 is 0 Å². The maximum atomic E-state index is 8.90. The molecule has 196 valence electrons. The number of para-hydroxylation sites is 4. The highest BCUT2D eigenvalue weighted by molar-refractivity contribution is 6.22. The molecule has 42 heavy (non-hydrogen) atoms. The maximum absolute atomic E-state index is 8.90. The first-order valence-corrected chi connectivity index (χ1v) is 13.8. The van der Waals surface area contributed by atoms with E-state index in [4.69, 9.17) is 16.3 Å². The van der Waals surface area contributed by atoms with Crippen LogP contribution in [0.15, 0.2) is 150 Å². The lowest BCUT2D eigenvalue weighted by molar-refractivity contribution is 0.669. The molecule has 0 radical (unpaired) electrons. The molecule has 2 aromatic heterocycles. The Morgan fingerprint density at radius 3 is 1.88 bits per heavy atom. The number of hydrogen-bond acceptors (Lipinski definition) is 2. The molecule has 0 amide bonds. The van der Waals surface area contributed by atoms with Gasteiger partial charge in [0.15, 0.2) is 0 Å². The van der Waals surface area contributed by atoms with Crippen molar-refractivity contribution in [3.8, 4) is 28.2 Å². The van der Waals surface area contributed by atoms with Crippen molar-refractivity contribution in [1.29, 1.82) is 0 Å². The monoisotopic (exact) mass is 541 g/mol. The molecule has 0 bridgehead atoms. The summed E-state index contributed by atoms with van der Waals surface area (Å²) in [6.07, 6.45) is 0. The van der Waals surface area contributed by atoms with Gasteiger partial charge in [-0.05, 0) is 75.1 Å². The van der Waals surface area contributed by atoms with Gasteiger partial charge in [0.05, 0.1) is 17.9 Å². The lowest BCUT2D eigenvalue weighted by Gasteiger charge is -2.18. The van der Waals surface area contributed by atoms with E-state index in [1.54, 1.807) is 4.57 Å². The van der Waals surface area contributed by atoms with Crippen molar-refractivity contribution in [3.05, 3.63) is 145 Å². The fraction of sp³-hybridized carbons (Fsp3) is 0. The van der Waals surface area contributed by atoms with Gasteiger partial charge in [0.1, 0.15) is 17.0 Å². The SMILES string of the molecule is [2H]c1c([2H])c([2H])c(-n2c(-c3c4ccccc4c(-c4ccc5oc6ccccc6c5c4)c4ccccc34)nc3ccccc32)c([2H])c1[2H]. The summed E-state index contributed by atoms with van der Waals surface area (Å²) in [6.45, 7) is 0. The first-order chi connectivity index (χ1) is 22.9. The number of benzene rings is 7. The van der Waals surface area contributed by atoms with Gasteiger partial charge in [-0.25, -0.2) is 4.98 Å². The molecule has 9 rings (SSSR count). The average molecular weight is 542 g/mol. The van der Waals surface area contributed by atoms with Gasteiger partial charge in [0, 0.05) is 22.0 Å². The van der Waals surface area contributed by atoms with E-state index in [-0.39, 0.29) is 17.8 Å². The van der Waals surface area contributed by atoms with Crippen LogP contribution in [0.5, 0.6) is 0 Å². The summed E-state index contributed by atoms with van der Waals surface area (Å²) >= 11 is 0. The molecule has 0 aliphatic rings. The standard InChI is InChI=1S/C39H24N2O/c1-2-12-26(13-3-1)41-34-20-10-9-19-33(34)40-39(41)38-30-17-6-4-15-28(30)37(29-16-5-7-18-31(29)38)25-22-23-36-32(24-25)27-14-8-11-21-35(27)42-36/h1-24H/i1D,2D,3D,12D,13D. The van der Waals surface area contributed by atoms with Crippen LogP contribution in [0.4, 0.5) is 0 Å². The molecule has 2 heterocycles. The summed E-state index contributed by atoms with van der Waals surface area (Å²) in [6, 6.07) is 36.5. The Labute approximate surface area is 248 Å². The molecular formula is C39H24N2O. The van der Waals surface area contributed by atoms with Gasteiger partial charge in [-0.1, -0.05) is 103 Å². The van der Waals surface area contributed by atoms with Gasteiger partial charge in [-0.2, -0.15) is 0 Å². The number of nitrogens with zero attached hydrogens (tertiary/aromatic N) is 2. The van der Waals surface area contributed by atoms with E-state index in [9.17, 15) is 0 Å². The first kappa shape index (κ1) is 18.6. The summed E-state index contributed by atoms with van der Waals surface area (Å²) in [5, 5.41) is 5.98. The molecule has 0 unspecified atom stereocenters. The normalized spacial score (nSPS) is 13.5. The molecule has 3 heteroatoms. The number of fused-ring (bicyclic) bond motifs is 6. The molecule has 0 saturated heterocycles. The van der Waals surface area contributed by atoms with Gasteiger partial charge in [0.25, 0.3) is 0 Å². The van der Waals surface area contributed by atoms with Crippen molar-refractivity contribution in [2.75, 3.05) is 0 Å². The Morgan fingerprint density at radius 1 is 0.548 bits per heavy atom. The fourth-order valence-electron chi connectivity index (χ4n) is 6.34. The van der Waals surface area contributed by atoms with Crippen LogP contribution in [0.3, 0.4) is 0 Å². The van der Waals surface area contributed by atoms with Crippen molar-refractivity contribution < 1.29 is 11.3 Å². The van der Waals surface area contributed by atoms with Crippen molar-refractivity contribution >= 4 is 54.5 Å². The third-order valence-corrected chi connectivity index (χ3v) is 8.09. The summed E-state index contributed by atoms with van der Waals surface area (Å²) < 4.78 is 50.8. The van der Waals surface area contributed by atoms with Gasteiger partial charge >= 0.3 is 0 Å². The zero-order chi connectivity index (χ0) is 32.0. The van der Waals surface area contributed by atoms with Crippen molar-refractivity contribution in [2.24, 2.45) is 0 Å². The predicted octanol–water partition coefficient (Wildman–Crippen LogP) is 10.6. The number of rotatable bonds is 3. The Kier molecular flexibility index (Phi) is 3.96. The van der Waals surface area contributed by atoms with Crippen LogP contribution in [0.2, 0.25) is 0 Å². The zero-order valence-corrected chi connectivity index (χ0v) is 22.3. The second-order valence-corrected chi connectivity index (χ2v) is 10.4. The molecule has 0 atom stereocenters. The van der Waals surface area contributed by atoms with Crippen LogP contribution in [0, 0.1) is 0 Å². The molecule has 9 aromatic rings. The lowest BCUT2D eigenvalue weighted by Crippen LogP contribution is -1.99. The minimum absolute atomic E-state index is 0.0641. The van der Waals surface area contributed by atoms with Crippen LogP contribution < -0.4 is 0 Å². The number of furan rings is 1. The number of aromatic nitrogens is 2. The maximum Gasteiger partial charge on any atom is 0.146 e. The van der Waals surface area contributed by atoms with Crippen molar-refractivity contribution in [2.45, 2.75) is 0 Å². The van der Waals surface area contributed by atoms with Gasteiger partial charge in [0.2, 0.25) is 0 Å². The highest BCUT2D eigenvalue weighted by Crippen LogP contribution is 2.45. The molecule has 0 saturated carbocycles. The molecule has 7 aromatic carbocycles. The molecule has 0 aliphatic heterocycles. The predicted molar refractivity (Wildman–Crippen MR) is 174 cm³/mol. The van der Waals surface area contributed by atoms with E-state index in [1.165, 1.54) is 0 Å². The third kappa shape index (κ3) is 3.31. The second kappa shape index (κ2) is 8.92. The smallest absolute Gasteiger partial charge is 0.146 e. The minimum Gasteiger partial charge on any atom is -0.456 e. The Bertz CT molecular complexity index is 2680. The Morgan fingerprint density at radius 2 is 1.14 bits per heavy atom. The molecule has 3 nitrogen and oxygen atoms in total. The molecule has 0 spiro atoms. The molecule has 0 N–H and O–H groups in total. The quantitative estimate of drug-likeness (QED) is 0.208. The van der Waals surface area contributed by atoms with E-state index in [0.29, 0.717) is 16.9 Å². The largest absolute Gasteiger partial charge is 0.456 e. The number of hydrogen-bond donors (Lipinski definition) is 0. The third-order valence-electron chi connectivity index (χ3n) is 8.09. The number of imidazole rings is 1. The molecular weight excluding hydrogens is 512 g/mol. The second-order valence-electron chi connectivity index (χ2n) is 10.4. The van der Waals surface area contributed by atoms with Crippen LogP contribution in [0.25, 0.3) is 82.7 Å². The Hall–Kier alpha value is -5.67. The summed E-state index contributed by atoms with van der Waals surface area (Å²) in [5.41, 5.74) is 5.97. The fourth-order valence-corrected chi connectivity index (χ4v) is 6.34. The van der Waals surface area contributed by atoms with Crippen molar-refractivity contribution in [1.82, 2.24) is 9.55 Å². The van der Waals surface area contributed by atoms with Crippen molar-refractivity contribution in [3.63, 3.8) is 0 Å².